The molecule has 1 amide bonds. The molecule has 0 aliphatic heterocycles. The molecule has 1 aromatic heterocycles. The highest BCUT2D eigenvalue weighted by Gasteiger charge is 2.31. The highest BCUT2D eigenvalue weighted by atomic mass is 35.5. The number of thiophene rings is 1. The molecule has 3 aromatic carbocycles. The van der Waals surface area contributed by atoms with E-state index >= 15 is 0 Å². The van der Waals surface area contributed by atoms with Gasteiger partial charge in [0, 0.05) is 29.9 Å². The van der Waals surface area contributed by atoms with Crippen molar-refractivity contribution in [1.82, 2.24) is 0 Å². The van der Waals surface area contributed by atoms with Gasteiger partial charge in [0.2, 0.25) is 0 Å². The summed E-state index contributed by atoms with van der Waals surface area (Å²) in [6.07, 6.45) is 0. The molecule has 1 heterocycles. The number of hydrogen-bond donors (Lipinski definition) is 1. The van der Waals surface area contributed by atoms with E-state index in [1.165, 1.54) is 63.5 Å². The lowest BCUT2D eigenvalue weighted by atomic mass is 10.1. The molecule has 1 N–H and O–H groups in total. The normalized spacial score (nSPS) is 11.1. The molecule has 0 bridgehead atoms. The molecule has 0 atom stereocenters. The van der Waals surface area contributed by atoms with Gasteiger partial charge in [0.05, 0.1) is 34.9 Å². The fraction of sp³-hybridized carbons (Fsp3) is 0.167. The third-order valence-corrected chi connectivity index (χ3v) is 9.66. The van der Waals surface area contributed by atoms with Gasteiger partial charge in [0.25, 0.3) is 15.9 Å². The number of anilines is 2. The van der Waals surface area contributed by atoms with Gasteiger partial charge in [-0.3, -0.25) is 13.9 Å². The summed E-state index contributed by atoms with van der Waals surface area (Å²) in [5.74, 6) is -2.55. The van der Waals surface area contributed by atoms with Crippen LogP contribution in [0.15, 0.2) is 65.6 Å². The predicted molar refractivity (Wildman–Crippen MR) is 170 cm³/mol. The molecule has 0 saturated heterocycles. The SMILES string of the molecule is CCOc1ccc(N(C)S(=O)(=O)c2cc(Cl)sc2C(=O)Nc2cc(Cl)cc(C(=O)Oc3ccc(C(C)=O)c(F)c3)c2)cc1OC. The number of nitrogens with zero attached hydrogens (tertiary/aromatic N) is 1. The number of carbonyl (C=O) groups excluding carboxylic acids is 3. The Morgan fingerprint density at radius 1 is 1.00 bits per heavy atom. The number of ether oxygens (including phenoxy) is 3. The molecule has 0 saturated carbocycles. The molecule has 10 nitrogen and oxygen atoms in total. The van der Waals surface area contributed by atoms with Gasteiger partial charge in [0.1, 0.15) is 21.3 Å². The van der Waals surface area contributed by atoms with E-state index in [4.69, 9.17) is 37.4 Å². The average molecular weight is 696 g/mol. The minimum Gasteiger partial charge on any atom is -0.493 e. The van der Waals surface area contributed by atoms with E-state index in [2.05, 4.69) is 5.32 Å². The summed E-state index contributed by atoms with van der Waals surface area (Å²) in [5.41, 5.74) is 0.00549. The van der Waals surface area contributed by atoms with Gasteiger partial charge in [-0.2, -0.15) is 0 Å². The van der Waals surface area contributed by atoms with Crippen LogP contribution >= 0.6 is 34.5 Å². The number of hydrogen-bond acceptors (Lipinski definition) is 9. The van der Waals surface area contributed by atoms with Crippen molar-refractivity contribution in [3.63, 3.8) is 0 Å². The molecule has 4 rings (SSSR count). The Kier molecular flexibility index (Phi) is 10.4. The molecule has 0 fully saturated rings. The van der Waals surface area contributed by atoms with Gasteiger partial charge >= 0.3 is 5.97 Å². The zero-order valence-corrected chi connectivity index (χ0v) is 27.3. The van der Waals surface area contributed by atoms with E-state index in [0.717, 1.165) is 27.8 Å². The monoisotopic (exact) mass is 694 g/mol. The molecule has 236 valence electrons. The molecule has 0 aliphatic carbocycles. The van der Waals surface area contributed by atoms with Crippen molar-refractivity contribution in [2.75, 3.05) is 30.4 Å². The van der Waals surface area contributed by atoms with E-state index in [1.54, 1.807) is 13.0 Å². The summed E-state index contributed by atoms with van der Waals surface area (Å²) in [7, 11) is -1.58. The first-order valence-electron chi connectivity index (χ1n) is 13.0. The van der Waals surface area contributed by atoms with E-state index in [0.29, 0.717) is 18.1 Å². The Hall–Kier alpha value is -4.17. The maximum atomic E-state index is 14.2. The largest absolute Gasteiger partial charge is 0.493 e. The van der Waals surface area contributed by atoms with E-state index in [1.807, 2.05) is 0 Å². The Balaban J connectivity index is 1.58. The van der Waals surface area contributed by atoms with Crippen LogP contribution in [0, 0.1) is 5.82 Å². The number of methoxy groups -OCH3 is 1. The number of ketones is 1. The number of Topliss-reactive ketones (excluding diaryl/α,β-unsaturated/α-hetero) is 1. The molecule has 15 heteroatoms. The summed E-state index contributed by atoms with van der Waals surface area (Å²) in [4.78, 5) is 37.1. The summed E-state index contributed by atoms with van der Waals surface area (Å²) in [6.45, 7) is 3.37. The van der Waals surface area contributed by atoms with Crippen molar-refractivity contribution in [2.24, 2.45) is 0 Å². The number of nitrogens with one attached hydrogen (secondary N) is 1. The molecule has 0 radical (unpaired) electrons. The fourth-order valence-corrected chi connectivity index (χ4v) is 7.20. The fourth-order valence-electron chi connectivity index (χ4n) is 4.09. The predicted octanol–water partition coefficient (Wildman–Crippen LogP) is 7.10. The summed E-state index contributed by atoms with van der Waals surface area (Å²) in [5, 5.41) is 2.58. The summed E-state index contributed by atoms with van der Waals surface area (Å²) in [6, 6.07) is 12.9. The zero-order chi connectivity index (χ0) is 33.1. The summed E-state index contributed by atoms with van der Waals surface area (Å²) < 4.78 is 58.6. The first kappa shape index (κ1) is 33.7. The number of carbonyl (C=O) groups is 3. The Labute approximate surface area is 272 Å². The molecule has 0 spiro atoms. The maximum Gasteiger partial charge on any atom is 0.343 e. The molecular weight excluding hydrogens is 670 g/mol. The van der Waals surface area contributed by atoms with Crippen LogP contribution in [0.1, 0.15) is 44.2 Å². The lowest BCUT2D eigenvalue weighted by molar-refractivity contribution is 0.0734. The molecule has 0 aliphatic rings. The minimum atomic E-state index is -4.32. The number of rotatable bonds is 11. The van der Waals surface area contributed by atoms with Crippen LogP contribution in [-0.4, -0.2) is 46.8 Å². The molecular formula is C30H25Cl2FN2O8S2. The number of amides is 1. The number of benzene rings is 3. The Bertz CT molecular complexity index is 1910. The quantitative estimate of drug-likeness (QED) is 0.100. The summed E-state index contributed by atoms with van der Waals surface area (Å²) >= 11 is 13.1. The Morgan fingerprint density at radius 3 is 2.38 bits per heavy atom. The van der Waals surface area contributed by atoms with E-state index in [-0.39, 0.29) is 47.4 Å². The Morgan fingerprint density at radius 2 is 1.73 bits per heavy atom. The first-order chi connectivity index (χ1) is 21.2. The minimum absolute atomic E-state index is 0.0368. The number of esters is 1. The van der Waals surface area contributed by atoms with Gasteiger partial charge < -0.3 is 19.5 Å². The smallest absolute Gasteiger partial charge is 0.343 e. The second kappa shape index (κ2) is 13.9. The van der Waals surface area contributed by atoms with Gasteiger partial charge in [-0.1, -0.05) is 23.2 Å². The van der Waals surface area contributed by atoms with Gasteiger partial charge in [0.15, 0.2) is 17.3 Å². The standard InChI is InChI=1S/C30H25Cl2FN2O8S2/c1-5-42-24-9-6-20(13-25(24)41-4)35(3)45(39,40)26-15-27(32)44-28(26)29(37)34-19-11-17(10-18(31)12-19)30(38)43-21-7-8-22(16(2)36)23(33)14-21/h6-15H,5H2,1-4H3,(H,34,37). The van der Waals surface area contributed by atoms with Crippen LogP contribution in [0.4, 0.5) is 15.8 Å². The van der Waals surface area contributed by atoms with Crippen LogP contribution in [0.25, 0.3) is 0 Å². The van der Waals surface area contributed by atoms with Crippen LogP contribution in [0.3, 0.4) is 0 Å². The zero-order valence-electron chi connectivity index (χ0n) is 24.1. The van der Waals surface area contributed by atoms with E-state index in [9.17, 15) is 27.2 Å². The third kappa shape index (κ3) is 7.56. The lowest BCUT2D eigenvalue weighted by Crippen LogP contribution is -2.28. The molecule has 0 unspecified atom stereocenters. The van der Waals surface area contributed by atoms with Crippen LogP contribution in [0.5, 0.6) is 17.2 Å². The van der Waals surface area contributed by atoms with Crippen molar-refractivity contribution in [1.29, 1.82) is 0 Å². The lowest BCUT2D eigenvalue weighted by Gasteiger charge is -2.21. The average Bonchev–Trinajstić information content (AvgIpc) is 3.39. The van der Waals surface area contributed by atoms with Crippen molar-refractivity contribution in [3.8, 4) is 17.2 Å². The van der Waals surface area contributed by atoms with Crippen molar-refractivity contribution in [2.45, 2.75) is 18.7 Å². The maximum absolute atomic E-state index is 14.2. The number of halogens is 3. The first-order valence-corrected chi connectivity index (χ1v) is 16.0. The van der Waals surface area contributed by atoms with Crippen molar-refractivity contribution in [3.05, 3.63) is 91.8 Å². The van der Waals surface area contributed by atoms with Crippen LogP contribution < -0.4 is 23.8 Å². The van der Waals surface area contributed by atoms with Gasteiger partial charge in [-0.25, -0.2) is 17.6 Å². The third-order valence-electron chi connectivity index (χ3n) is 6.25. The molecule has 4 aromatic rings. The number of sulfonamides is 1. The second-order valence-corrected chi connectivity index (χ2v) is 13.3. The van der Waals surface area contributed by atoms with Gasteiger partial charge in [-0.05, 0) is 62.4 Å². The van der Waals surface area contributed by atoms with E-state index < -0.39 is 33.5 Å². The topological polar surface area (TPSA) is 128 Å². The second-order valence-electron chi connectivity index (χ2n) is 9.25. The highest BCUT2D eigenvalue weighted by molar-refractivity contribution is 7.93. The van der Waals surface area contributed by atoms with Crippen LogP contribution in [-0.2, 0) is 10.0 Å². The van der Waals surface area contributed by atoms with Crippen molar-refractivity contribution < 1.29 is 41.4 Å². The van der Waals surface area contributed by atoms with Gasteiger partial charge in [-0.15, -0.1) is 11.3 Å². The molecule has 45 heavy (non-hydrogen) atoms. The van der Waals surface area contributed by atoms with Crippen molar-refractivity contribution >= 4 is 73.6 Å². The highest BCUT2D eigenvalue weighted by Crippen LogP contribution is 2.37. The van der Waals surface area contributed by atoms with Crippen LogP contribution in [0.2, 0.25) is 9.36 Å².